The molecule has 0 rings (SSSR count). The second-order valence-corrected chi connectivity index (χ2v) is 4.99. The molecular formula is C8H15BrO. The number of hydrogen-bond acceptors (Lipinski definition) is 1. The van der Waals surface area contributed by atoms with Gasteiger partial charge in [-0.3, -0.25) is 4.79 Å². The zero-order chi connectivity index (χ0) is 8.36. The Morgan fingerprint density at radius 2 is 2.00 bits per heavy atom. The van der Waals surface area contributed by atoms with Crippen molar-refractivity contribution in [3.05, 3.63) is 0 Å². The highest BCUT2D eigenvalue weighted by molar-refractivity contribution is 9.09. The molecule has 0 N–H and O–H groups in total. The van der Waals surface area contributed by atoms with Gasteiger partial charge in [0, 0.05) is 10.2 Å². The molecule has 0 radical (unpaired) electrons. The SMILES string of the molecule is CC(=O)C(C)(C)CC(C)Br. The second-order valence-electron chi connectivity index (χ2n) is 3.42. The van der Waals surface area contributed by atoms with Crippen LogP contribution < -0.4 is 0 Å². The second kappa shape index (κ2) is 3.51. The topological polar surface area (TPSA) is 17.1 Å². The molecule has 10 heavy (non-hydrogen) atoms. The van der Waals surface area contributed by atoms with Gasteiger partial charge in [0.2, 0.25) is 0 Å². The molecule has 0 aromatic heterocycles. The van der Waals surface area contributed by atoms with E-state index in [2.05, 4.69) is 22.9 Å². The first-order chi connectivity index (χ1) is 4.36. The minimum atomic E-state index is -0.164. The standard InChI is InChI=1S/C8H15BrO/c1-6(9)5-8(3,4)7(2)10/h6H,5H2,1-4H3. The zero-order valence-electron chi connectivity index (χ0n) is 7.07. The van der Waals surface area contributed by atoms with E-state index in [4.69, 9.17) is 0 Å². The van der Waals surface area contributed by atoms with Gasteiger partial charge in [0.05, 0.1) is 0 Å². The summed E-state index contributed by atoms with van der Waals surface area (Å²) >= 11 is 3.43. The van der Waals surface area contributed by atoms with E-state index in [9.17, 15) is 4.79 Å². The molecule has 0 aliphatic rings. The molecule has 60 valence electrons. The Morgan fingerprint density at radius 3 is 2.10 bits per heavy atom. The summed E-state index contributed by atoms with van der Waals surface area (Å²) in [5.41, 5.74) is -0.164. The number of alkyl halides is 1. The smallest absolute Gasteiger partial charge is 0.135 e. The van der Waals surface area contributed by atoms with E-state index in [0.29, 0.717) is 4.83 Å². The molecule has 0 spiro atoms. The fraction of sp³-hybridized carbons (Fsp3) is 0.875. The van der Waals surface area contributed by atoms with E-state index < -0.39 is 0 Å². The minimum Gasteiger partial charge on any atom is -0.299 e. The van der Waals surface area contributed by atoms with Gasteiger partial charge < -0.3 is 0 Å². The maximum atomic E-state index is 11.0. The summed E-state index contributed by atoms with van der Waals surface area (Å²) in [5, 5.41) is 0. The van der Waals surface area contributed by atoms with Gasteiger partial charge in [-0.15, -0.1) is 0 Å². The van der Waals surface area contributed by atoms with Crippen LogP contribution in [0.1, 0.15) is 34.1 Å². The number of hydrogen-bond donors (Lipinski definition) is 0. The highest BCUT2D eigenvalue weighted by Crippen LogP contribution is 2.26. The van der Waals surface area contributed by atoms with Gasteiger partial charge >= 0.3 is 0 Å². The van der Waals surface area contributed by atoms with Crippen molar-refractivity contribution in [1.29, 1.82) is 0 Å². The molecule has 1 atom stereocenters. The molecule has 0 saturated heterocycles. The van der Waals surface area contributed by atoms with Crippen molar-refractivity contribution < 1.29 is 4.79 Å². The zero-order valence-corrected chi connectivity index (χ0v) is 8.66. The largest absolute Gasteiger partial charge is 0.299 e. The number of ketones is 1. The number of Topliss-reactive ketones (excluding diaryl/α,β-unsaturated/α-hetero) is 1. The van der Waals surface area contributed by atoms with E-state index in [0.717, 1.165) is 6.42 Å². The van der Waals surface area contributed by atoms with Gasteiger partial charge in [-0.05, 0) is 13.3 Å². The minimum absolute atomic E-state index is 0.164. The Balaban J connectivity index is 4.00. The van der Waals surface area contributed by atoms with Crippen LogP contribution in [-0.2, 0) is 4.79 Å². The number of carbonyl (C=O) groups excluding carboxylic acids is 1. The summed E-state index contributed by atoms with van der Waals surface area (Å²) in [7, 11) is 0. The van der Waals surface area contributed by atoms with Crippen LogP contribution in [0.4, 0.5) is 0 Å². The molecule has 0 aromatic carbocycles. The van der Waals surface area contributed by atoms with Gasteiger partial charge in [-0.25, -0.2) is 0 Å². The molecule has 1 nitrogen and oxygen atoms in total. The average Bonchev–Trinajstić information content (AvgIpc) is 1.60. The van der Waals surface area contributed by atoms with Crippen LogP contribution in [0.2, 0.25) is 0 Å². The molecule has 0 aliphatic carbocycles. The van der Waals surface area contributed by atoms with E-state index in [-0.39, 0.29) is 11.2 Å². The van der Waals surface area contributed by atoms with Crippen molar-refractivity contribution in [2.75, 3.05) is 0 Å². The Morgan fingerprint density at radius 1 is 1.60 bits per heavy atom. The lowest BCUT2D eigenvalue weighted by molar-refractivity contribution is -0.125. The normalized spacial score (nSPS) is 14.9. The van der Waals surface area contributed by atoms with Crippen LogP contribution in [0.15, 0.2) is 0 Å². The molecule has 1 unspecified atom stereocenters. The summed E-state index contributed by atoms with van der Waals surface area (Å²) in [6.45, 7) is 7.67. The highest BCUT2D eigenvalue weighted by Gasteiger charge is 2.24. The third kappa shape index (κ3) is 3.35. The quantitative estimate of drug-likeness (QED) is 0.650. The fourth-order valence-corrected chi connectivity index (χ4v) is 1.66. The maximum absolute atomic E-state index is 11.0. The summed E-state index contributed by atoms with van der Waals surface area (Å²) in [5.74, 6) is 0.263. The molecule has 0 heterocycles. The van der Waals surface area contributed by atoms with Crippen molar-refractivity contribution in [1.82, 2.24) is 0 Å². The molecule has 0 fully saturated rings. The number of carbonyl (C=O) groups is 1. The van der Waals surface area contributed by atoms with Crippen LogP contribution >= 0.6 is 15.9 Å². The van der Waals surface area contributed by atoms with Crippen molar-refractivity contribution in [2.24, 2.45) is 5.41 Å². The van der Waals surface area contributed by atoms with E-state index in [1.807, 2.05) is 13.8 Å². The third-order valence-corrected chi connectivity index (χ3v) is 2.07. The molecule has 0 aliphatic heterocycles. The molecule has 0 aromatic rings. The van der Waals surface area contributed by atoms with Crippen LogP contribution in [0.3, 0.4) is 0 Å². The van der Waals surface area contributed by atoms with Gasteiger partial charge in [-0.1, -0.05) is 36.7 Å². The van der Waals surface area contributed by atoms with E-state index in [1.165, 1.54) is 0 Å². The summed E-state index contributed by atoms with van der Waals surface area (Å²) in [4.78, 5) is 11.4. The highest BCUT2D eigenvalue weighted by atomic mass is 79.9. The fourth-order valence-electron chi connectivity index (χ4n) is 0.847. The Kier molecular flexibility index (Phi) is 3.57. The monoisotopic (exact) mass is 206 g/mol. The molecule has 0 bridgehead atoms. The number of halogens is 1. The lowest BCUT2D eigenvalue weighted by atomic mass is 9.84. The van der Waals surface area contributed by atoms with Crippen LogP contribution in [0.5, 0.6) is 0 Å². The molecule has 0 amide bonds. The summed E-state index contributed by atoms with van der Waals surface area (Å²) < 4.78 is 0. The number of rotatable bonds is 3. The van der Waals surface area contributed by atoms with Crippen molar-refractivity contribution in [2.45, 2.75) is 38.9 Å². The first kappa shape index (κ1) is 10.2. The first-order valence-corrected chi connectivity index (χ1v) is 4.43. The van der Waals surface area contributed by atoms with Crippen LogP contribution in [0, 0.1) is 5.41 Å². The Hall–Kier alpha value is 0.150. The van der Waals surface area contributed by atoms with Crippen molar-refractivity contribution in [3.63, 3.8) is 0 Å². The van der Waals surface area contributed by atoms with Crippen molar-refractivity contribution >= 4 is 21.7 Å². The Labute approximate surface area is 71.3 Å². The molecule has 2 heteroatoms. The van der Waals surface area contributed by atoms with E-state index >= 15 is 0 Å². The van der Waals surface area contributed by atoms with Crippen molar-refractivity contribution in [3.8, 4) is 0 Å². The van der Waals surface area contributed by atoms with Crippen LogP contribution in [0.25, 0.3) is 0 Å². The van der Waals surface area contributed by atoms with Gasteiger partial charge in [0.15, 0.2) is 0 Å². The summed E-state index contributed by atoms with van der Waals surface area (Å²) in [6, 6.07) is 0. The first-order valence-electron chi connectivity index (χ1n) is 3.51. The maximum Gasteiger partial charge on any atom is 0.135 e. The lowest BCUT2D eigenvalue weighted by Gasteiger charge is -2.22. The third-order valence-electron chi connectivity index (χ3n) is 1.74. The molecular weight excluding hydrogens is 192 g/mol. The van der Waals surface area contributed by atoms with Crippen LogP contribution in [-0.4, -0.2) is 10.6 Å². The summed E-state index contributed by atoms with van der Waals surface area (Å²) in [6.07, 6.45) is 0.905. The Bertz CT molecular complexity index is 127. The van der Waals surface area contributed by atoms with Gasteiger partial charge in [0.1, 0.15) is 5.78 Å². The lowest BCUT2D eigenvalue weighted by Crippen LogP contribution is -2.23. The van der Waals surface area contributed by atoms with Gasteiger partial charge in [0.25, 0.3) is 0 Å². The predicted molar refractivity (Wildman–Crippen MR) is 47.5 cm³/mol. The average molecular weight is 207 g/mol. The van der Waals surface area contributed by atoms with E-state index in [1.54, 1.807) is 6.92 Å². The molecule has 0 saturated carbocycles. The van der Waals surface area contributed by atoms with Gasteiger partial charge in [-0.2, -0.15) is 0 Å². The predicted octanol–water partition coefficient (Wildman–Crippen LogP) is 2.78.